The molecule has 1 aliphatic heterocycles. The number of ether oxygens (including phenoxy) is 4. The van der Waals surface area contributed by atoms with E-state index in [4.69, 9.17) is 23.4 Å². The van der Waals surface area contributed by atoms with E-state index in [2.05, 4.69) is 39.4 Å². The van der Waals surface area contributed by atoms with E-state index in [9.17, 15) is 0 Å². The molecular formula is C33H33N3O5. The zero-order valence-electron chi connectivity index (χ0n) is 23.8. The molecule has 8 heteroatoms. The van der Waals surface area contributed by atoms with Gasteiger partial charge in [-0.15, -0.1) is 10.2 Å². The molecule has 0 aliphatic carbocycles. The molecule has 0 saturated heterocycles. The smallest absolute Gasteiger partial charge is 0.252 e. The van der Waals surface area contributed by atoms with Crippen LogP contribution >= 0.6 is 0 Å². The third kappa shape index (κ3) is 5.18. The second kappa shape index (κ2) is 11.5. The van der Waals surface area contributed by atoms with Crippen molar-refractivity contribution in [1.29, 1.82) is 0 Å². The molecule has 210 valence electrons. The summed E-state index contributed by atoms with van der Waals surface area (Å²) in [5.41, 5.74) is 5.48. The maximum Gasteiger partial charge on any atom is 0.252 e. The van der Waals surface area contributed by atoms with Crippen LogP contribution in [0.25, 0.3) is 33.7 Å². The third-order valence-electron chi connectivity index (χ3n) is 7.75. The lowest BCUT2D eigenvalue weighted by Crippen LogP contribution is -2.32. The predicted octanol–water partition coefficient (Wildman–Crippen LogP) is 6.19. The molecule has 0 bridgehead atoms. The summed E-state index contributed by atoms with van der Waals surface area (Å²) in [4.78, 5) is 2.48. The van der Waals surface area contributed by atoms with E-state index in [1.807, 2.05) is 42.5 Å². The molecule has 0 spiro atoms. The number of nitrogens with zero attached hydrogens (tertiary/aromatic N) is 3. The average Bonchev–Trinajstić information content (AvgIpc) is 3.52. The van der Waals surface area contributed by atoms with Crippen LogP contribution < -0.4 is 18.9 Å². The summed E-state index contributed by atoms with van der Waals surface area (Å²) < 4.78 is 28.5. The standard InChI is InChI=1S/C33H33N3O5/c1-37-27-17-23-14-16-36(20-25(23)19-28(27)38-2)15-13-21-9-11-22(12-10-21)32-34-35-33(41-32)30-26-8-6-5-7-24(26)18-29(39-3)31(30)40-4/h5-12,17-19H,13-16,20H2,1-4H3. The lowest BCUT2D eigenvalue weighted by atomic mass is 9.98. The minimum Gasteiger partial charge on any atom is -0.493 e. The van der Waals surface area contributed by atoms with Crippen LogP contribution in [0.4, 0.5) is 0 Å². The van der Waals surface area contributed by atoms with Crippen LogP contribution in [0.2, 0.25) is 0 Å². The highest BCUT2D eigenvalue weighted by Gasteiger charge is 2.22. The highest BCUT2D eigenvalue weighted by molar-refractivity contribution is 6.00. The van der Waals surface area contributed by atoms with Crippen LogP contribution in [0.5, 0.6) is 23.0 Å². The fourth-order valence-electron chi connectivity index (χ4n) is 5.54. The number of fused-ring (bicyclic) bond motifs is 2. The van der Waals surface area contributed by atoms with Crippen LogP contribution in [0, 0.1) is 0 Å². The van der Waals surface area contributed by atoms with Crippen molar-refractivity contribution in [1.82, 2.24) is 15.1 Å². The topological polar surface area (TPSA) is 79.1 Å². The Morgan fingerprint density at radius 3 is 2.20 bits per heavy atom. The lowest BCUT2D eigenvalue weighted by Gasteiger charge is -2.29. The molecule has 2 heterocycles. The van der Waals surface area contributed by atoms with Gasteiger partial charge < -0.3 is 23.4 Å². The molecule has 5 aromatic rings. The molecule has 4 aromatic carbocycles. The minimum absolute atomic E-state index is 0.385. The maximum absolute atomic E-state index is 6.18. The Morgan fingerprint density at radius 1 is 0.756 bits per heavy atom. The van der Waals surface area contributed by atoms with Crippen molar-refractivity contribution in [2.75, 3.05) is 41.5 Å². The molecule has 1 aromatic heterocycles. The van der Waals surface area contributed by atoms with Crippen LogP contribution in [0.15, 0.2) is 71.1 Å². The highest BCUT2D eigenvalue weighted by Crippen LogP contribution is 2.43. The van der Waals surface area contributed by atoms with Gasteiger partial charge in [0, 0.05) is 25.2 Å². The number of methoxy groups -OCH3 is 4. The third-order valence-corrected chi connectivity index (χ3v) is 7.75. The summed E-state index contributed by atoms with van der Waals surface area (Å²) in [5, 5.41) is 10.7. The number of rotatable bonds is 9. The molecule has 8 nitrogen and oxygen atoms in total. The fraction of sp³-hybridized carbons (Fsp3) is 0.273. The Hall–Kier alpha value is -4.56. The van der Waals surface area contributed by atoms with Gasteiger partial charge in [0.2, 0.25) is 5.89 Å². The summed E-state index contributed by atoms with van der Waals surface area (Å²) in [6, 6.07) is 22.5. The van der Waals surface area contributed by atoms with Gasteiger partial charge in [-0.25, -0.2) is 0 Å². The molecule has 0 amide bonds. The quantitative estimate of drug-likeness (QED) is 0.215. The Balaban J connectivity index is 1.17. The van der Waals surface area contributed by atoms with Gasteiger partial charge in [0.05, 0.1) is 34.0 Å². The summed E-state index contributed by atoms with van der Waals surface area (Å²) >= 11 is 0. The van der Waals surface area contributed by atoms with Crippen molar-refractivity contribution < 1.29 is 23.4 Å². The summed E-state index contributed by atoms with van der Waals surface area (Å²) in [6.45, 7) is 2.90. The van der Waals surface area contributed by atoms with Crippen molar-refractivity contribution in [2.45, 2.75) is 19.4 Å². The fourth-order valence-corrected chi connectivity index (χ4v) is 5.54. The second-order valence-corrected chi connectivity index (χ2v) is 10.1. The van der Waals surface area contributed by atoms with Gasteiger partial charge in [-0.2, -0.15) is 0 Å². The van der Waals surface area contributed by atoms with Gasteiger partial charge in [0.1, 0.15) is 0 Å². The van der Waals surface area contributed by atoms with Crippen LogP contribution in [0.1, 0.15) is 16.7 Å². The van der Waals surface area contributed by atoms with Gasteiger partial charge in [-0.1, -0.05) is 36.4 Å². The van der Waals surface area contributed by atoms with E-state index in [1.165, 1.54) is 16.7 Å². The molecule has 41 heavy (non-hydrogen) atoms. The van der Waals surface area contributed by atoms with Gasteiger partial charge in [-0.3, -0.25) is 4.90 Å². The van der Waals surface area contributed by atoms with Crippen molar-refractivity contribution in [3.8, 4) is 45.9 Å². The Morgan fingerprint density at radius 2 is 1.46 bits per heavy atom. The first-order valence-corrected chi connectivity index (χ1v) is 13.6. The number of hydrogen-bond donors (Lipinski definition) is 0. The molecular weight excluding hydrogens is 518 g/mol. The molecule has 0 saturated carbocycles. The SMILES string of the molecule is COc1cc2c(cc1OC)CN(CCc1ccc(-c3nnc(-c4c(OC)c(OC)cc5ccccc45)o3)cc1)CC2. The Labute approximate surface area is 239 Å². The van der Waals surface area contributed by atoms with E-state index < -0.39 is 0 Å². The largest absolute Gasteiger partial charge is 0.493 e. The first kappa shape index (κ1) is 26.7. The summed E-state index contributed by atoms with van der Waals surface area (Å²) in [6.07, 6.45) is 1.95. The lowest BCUT2D eigenvalue weighted by molar-refractivity contribution is 0.255. The normalized spacial score (nSPS) is 13.2. The Kier molecular flexibility index (Phi) is 7.48. The maximum atomic E-state index is 6.18. The molecule has 1 aliphatic rings. The molecule has 0 atom stereocenters. The monoisotopic (exact) mass is 551 g/mol. The number of hydrogen-bond acceptors (Lipinski definition) is 8. The first-order chi connectivity index (χ1) is 20.1. The first-order valence-electron chi connectivity index (χ1n) is 13.6. The van der Waals surface area contributed by atoms with Crippen LogP contribution in [0.3, 0.4) is 0 Å². The predicted molar refractivity (Wildman–Crippen MR) is 158 cm³/mol. The van der Waals surface area contributed by atoms with E-state index in [0.717, 1.165) is 65.9 Å². The van der Waals surface area contributed by atoms with Gasteiger partial charge in [0.15, 0.2) is 23.0 Å². The zero-order chi connectivity index (χ0) is 28.3. The van der Waals surface area contributed by atoms with Crippen molar-refractivity contribution in [3.05, 3.63) is 83.4 Å². The van der Waals surface area contributed by atoms with Crippen LogP contribution in [-0.2, 0) is 19.4 Å². The molecule has 0 N–H and O–H groups in total. The average molecular weight is 552 g/mol. The van der Waals surface area contributed by atoms with E-state index in [-0.39, 0.29) is 0 Å². The van der Waals surface area contributed by atoms with E-state index in [0.29, 0.717) is 23.3 Å². The Bertz CT molecular complexity index is 1680. The van der Waals surface area contributed by atoms with Gasteiger partial charge in [-0.05, 0) is 70.6 Å². The molecule has 6 rings (SSSR count). The minimum atomic E-state index is 0.385. The second-order valence-electron chi connectivity index (χ2n) is 10.1. The number of aromatic nitrogens is 2. The van der Waals surface area contributed by atoms with E-state index in [1.54, 1.807) is 28.4 Å². The highest BCUT2D eigenvalue weighted by atomic mass is 16.5. The van der Waals surface area contributed by atoms with Crippen molar-refractivity contribution in [2.24, 2.45) is 0 Å². The van der Waals surface area contributed by atoms with Crippen molar-refractivity contribution in [3.63, 3.8) is 0 Å². The van der Waals surface area contributed by atoms with Crippen LogP contribution in [-0.4, -0.2) is 56.6 Å². The summed E-state index contributed by atoms with van der Waals surface area (Å²) in [7, 11) is 6.60. The van der Waals surface area contributed by atoms with Crippen molar-refractivity contribution >= 4 is 10.8 Å². The molecule has 0 radical (unpaired) electrons. The van der Waals surface area contributed by atoms with E-state index >= 15 is 0 Å². The number of benzene rings is 4. The molecule has 0 unspecified atom stereocenters. The zero-order valence-corrected chi connectivity index (χ0v) is 23.8. The van der Waals surface area contributed by atoms with Gasteiger partial charge >= 0.3 is 0 Å². The summed E-state index contributed by atoms with van der Waals surface area (Å²) in [5.74, 6) is 3.60. The molecule has 0 fully saturated rings. The van der Waals surface area contributed by atoms with Gasteiger partial charge in [0.25, 0.3) is 5.89 Å².